The average Bonchev–Trinajstić information content (AvgIpc) is 2.75. The van der Waals surface area contributed by atoms with Crippen molar-refractivity contribution in [2.24, 2.45) is 0 Å². The zero-order valence-corrected chi connectivity index (χ0v) is 9.88. The summed E-state index contributed by atoms with van der Waals surface area (Å²) in [4.78, 5) is 4.31. The molecular weight excluding hydrogens is 210 g/mol. The number of nitrogens with zero attached hydrogens (tertiary/aromatic N) is 3. The predicted molar refractivity (Wildman–Crippen MR) is 67.9 cm³/mol. The van der Waals surface area contributed by atoms with Gasteiger partial charge in [-0.2, -0.15) is 5.10 Å². The van der Waals surface area contributed by atoms with Gasteiger partial charge >= 0.3 is 0 Å². The number of aryl methyl sites for hydroxylation is 2. The van der Waals surface area contributed by atoms with Crippen molar-refractivity contribution in [2.45, 2.75) is 13.8 Å². The zero-order chi connectivity index (χ0) is 11.8. The van der Waals surface area contributed by atoms with Gasteiger partial charge in [0.25, 0.3) is 0 Å². The van der Waals surface area contributed by atoms with Crippen molar-refractivity contribution in [1.29, 1.82) is 0 Å². The van der Waals surface area contributed by atoms with Gasteiger partial charge in [-0.05, 0) is 19.9 Å². The second-order valence-corrected chi connectivity index (χ2v) is 4.25. The zero-order valence-electron chi connectivity index (χ0n) is 9.88. The van der Waals surface area contributed by atoms with Gasteiger partial charge in [-0.25, -0.2) is 9.50 Å². The monoisotopic (exact) mass is 223 g/mol. The standard InChI is InChI=1S/C14H13N3/c1-10-3-5-12(6-4-10)13-9-14-15-8-7-11(2)17(14)16-13/h3-9H,1-2H3. The number of rotatable bonds is 1. The number of benzene rings is 1. The Labute approximate surface area is 99.7 Å². The molecule has 3 heteroatoms. The summed E-state index contributed by atoms with van der Waals surface area (Å²) in [5, 5.41) is 4.57. The third kappa shape index (κ3) is 1.69. The highest BCUT2D eigenvalue weighted by Crippen LogP contribution is 2.19. The maximum atomic E-state index is 4.57. The third-order valence-corrected chi connectivity index (χ3v) is 2.89. The molecule has 2 aromatic heterocycles. The van der Waals surface area contributed by atoms with E-state index in [1.165, 1.54) is 5.56 Å². The largest absolute Gasteiger partial charge is 0.237 e. The molecule has 0 N–H and O–H groups in total. The Morgan fingerprint density at radius 3 is 2.47 bits per heavy atom. The SMILES string of the molecule is Cc1ccc(-c2cc3nccc(C)n3n2)cc1. The molecule has 0 atom stereocenters. The smallest absolute Gasteiger partial charge is 0.155 e. The average molecular weight is 223 g/mol. The van der Waals surface area contributed by atoms with Crippen LogP contribution in [0.4, 0.5) is 0 Å². The van der Waals surface area contributed by atoms with Gasteiger partial charge in [-0.1, -0.05) is 29.8 Å². The van der Waals surface area contributed by atoms with Gasteiger partial charge in [-0.15, -0.1) is 0 Å². The van der Waals surface area contributed by atoms with Crippen LogP contribution >= 0.6 is 0 Å². The molecule has 0 spiro atoms. The van der Waals surface area contributed by atoms with Crippen molar-refractivity contribution in [1.82, 2.24) is 14.6 Å². The fourth-order valence-corrected chi connectivity index (χ4v) is 1.88. The van der Waals surface area contributed by atoms with Crippen LogP contribution in [0.3, 0.4) is 0 Å². The summed E-state index contributed by atoms with van der Waals surface area (Å²) in [5.41, 5.74) is 5.33. The lowest BCUT2D eigenvalue weighted by molar-refractivity contribution is 0.898. The van der Waals surface area contributed by atoms with Gasteiger partial charge in [0.1, 0.15) is 0 Å². The first-order valence-electron chi connectivity index (χ1n) is 5.62. The van der Waals surface area contributed by atoms with Crippen LogP contribution in [-0.4, -0.2) is 14.6 Å². The predicted octanol–water partition coefficient (Wildman–Crippen LogP) is 3.01. The van der Waals surface area contributed by atoms with Crippen molar-refractivity contribution in [3.05, 3.63) is 53.9 Å². The van der Waals surface area contributed by atoms with Crippen LogP contribution < -0.4 is 0 Å². The van der Waals surface area contributed by atoms with Crippen molar-refractivity contribution in [2.75, 3.05) is 0 Å². The van der Waals surface area contributed by atoms with E-state index < -0.39 is 0 Å². The van der Waals surface area contributed by atoms with Gasteiger partial charge < -0.3 is 0 Å². The molecule has 0 bridgehead atoms. The fourth-order valence-electron chi connectivity index (χ4n) is 1.88. The van der Waals surface area contributed by atoms with Crippen LogP contribution in [0.2, 0.25) is 0 Å². The van der Waals surface area contributed by atoms with Crippen LogP contribution in [0.25, 0.3) is 16.9 Å². The lowest BCUT2D eigenvalue weighted by atomic mass is 10.1. The van der Waals surface area contributed by atoms with Crippen molar-refractivity contribution in [3.63, 3.8) is 0 Å². The van der Waals surface area contributed by atoms with Gasteiger partial charge in [0, 0.05) is 23.5 Å². The molecule has 0 radical (unpaired) electrons. The molecule has 3 nitrogen and oxygen atoms in total. The molecule has 1 aromatic carbocycles. The van der Waals surface area contributed by atoms with E-state index in [1.807, 2.05) is 29.8 Å². The van der Waals surface area contributed by atoms with E-state index >= 15 is 0 Å². The Kier molecular flexibility index (Phi) is 2.18. The molecule has 0 unspecified atom stereocenters. The molecule has 0 aliphatic heterocycles. The molecule has 3 rings (SSSR count). The van der Waals surface area contributed by atoms with E-state index in [9.17, 15) is 0 Å². The van der Waals surface area contributed by atoms with Crippen LogP contribution in [-0.2, 0) is 0 Å². The van der Waals surface area contributed by atoms with Crippen LogP contribution in [0.15, 0.2) is 42.6 Å². The first-order valence-corrected chi connectivity index (χ1v) is 5.62. The maximum absolute atomic E-state index is 4.57. The fraction of sp³-hybridized carbons (Fsp3) is 0.143. The van der Waals surface area contributed by atoms with E-state index in [2.05, 4.69) is 41.3 Å². The van der Waals surface area contributed by atoms with E-state index in [4.69, 9.17) is 0 Å². The highest BCUT2D eigenvalue weighted by Gasteiger charge is 2.05. The summed E-state index contributed by atoms with van der Waals surface area (Å²) < 4.78 is 1.87. The summed E-state index contributed by atoms with van der Waals surface area (Å²) in [6, 6.07) is 12.3. The molecule has 0 saturated carbocycles. The molecule has 3 aromatic rings. The molecule has 0 amide bonds. The summed E-state index contributed by atoms with van der Waals surface area (Å²) in [7, 11) is 0. The molecule has 0 aliphatic rings. The summed E-state index contributed by atoms with van der Waals surface area (Å²) >= 11 is 0. The molecule has 0 aliphatic carbocycles. The molecule has 84 valence electrons. The Morgan fingerprint density at radius 2 is 1.76 bits per heavy atom. The van der Waals surface area contributed by atoms with Crippen LogP contribution in [0.5, 0.6) is 0 Å². The summed E-state index contributed by atoms with van der Waals surface area (Å²) in [5.74, 6) is 0. The van der Waals surface area contributed by atoms with Crippen LogP contribution in [0, 0.1) is 13.8 Å². The lowest BCUT2D eigenvalue weighted by Crippen LogP contribution is -1.93. The second-order valence-electron chi connectivity index (χ2n) is 4.25. The van der Waals surface area contributed by atoms with Gasteiger partial charge in [-0.3, -0.25) is 0 Å². The minimum Gasteiger partial charge on any atom is -0.237 e. The highest BCUT2D eigenvalue weighted by atomic mass is 15.3. The maximum Gasteiger partial charge on any atom is 0.155 e. The highest BCUT2D eigenvalue weighted by molar-refractivity contribution is 5.64. The van der Waals surface area contributed by atoms with Crippen molar-refractivity contribution < 1.29 is 0 Å². The quantitative estimate of drug-likeness (QED) is 0.634. The van der Waals surface area contributed by atoms with Crippen molar-refractivity contribution >= 4 is 5.65 Å². The molecule has 2 heterocycles. The van der Waals surface area contributed by atoms with Gasteiger partial charge in [0.05, 0.1) is 5.69 Å². The second kappa shape index (κ2) is 3.70. The Bertz CT molecular complexity index is 666. The topological polar surface area (TPSA) is 30.2 Å². The minimum absolute atomic E-state index is 0.889. The van der Waals surface area contributed by atoms with E-state index in [0.717, 1.165) is 22.6 Å². The molecule has 0 saturated heterocycles. The Balaban J connectivity index is 2.18. The minimum atomic E-state index is 0.889. The first-order chi connectivity index (χ1) is 8.24. The number of hydrogen-bond acceptors (Lipinski definition) is 2. The van der Waals surface area contributed by atoms with E-state index in [0.29, 0.717) is 0 Å². The molecule has 17 heavy (non-hydrogen) atoms. The summed E-state index contributed by atoms with van der Waals surface area (Å²) in [6.45, 7) is 4.11. The Hall–Kier alpha value is -2.16. The molecular formula is C14H13N3. The summed E-state index contributed by atoms with van der Waals surface area (Å²) in [6.07, 6.45) is 1.81. The van der Waals surface area contributed by atoms with Crippen molar-refractivity contribution in [3.8, 4) is 11.3 Å². The number of fused-ring (bicyclic) bond motifs is 1. The number of aromatic nitrogens is 3. The van der Waals surface area contributed by atoms with E-state index in [1.54, 1.807) is 0 Å². The Morgan fingerprint density at radius 1 is 1.00 bits per heavy atom. The van der Waals surface area contributed by atoms with Crippen LogP contribution in [0.1, 0.15) is 11.3 Å². The first kappa shape index (κ1) is 10.0. The van der Waals surface area contributed by atoms with Gasteiger partial charge in [0.15, 0.2) is 5.65 Å². The lowest BCUT2D eigenvalue weighted by Gasteiger charge is -1.97. The number of hydrogen-bond donors (Lipinski definition) is 0. The van der Waals surface area contributed by atoms with Gasteiger partial charge in [0.2, 0.25) is 0 Å². The van der Waals surface area contributed by atoms with E-state index in [-0.39, 0.29) is 0 Å². The third-order valence-electron chi connectivity index (χ3n) is 2.89. The normalized spacial score (nSPS) is 10.9. The molecule has 0 fully saturated rings.